The molecule has 0 bridgehead atoms. The van der Waals surface area contributed by atoms with Gasteiger partial charge in [-0.15, -0.1) is 0 Å². The number of carbonyl (C=O) groups excluding carboxylic acids is 1. The molecule has 2 aromatic rings. The normalized spacial score (nSPS) is 14.3. The summed E-state index contributed by atoms with van der Waals surface area (Å²) < 4.78 is 15.6. The summed E-state index contributed by atoms with van der Waals surface area (Å²) in [7, 11) is 1.88. The van der Waals surface area contributed by atoms with Gasteiger partial charge in [-0.05, 0) is 18.9 Å². The molecule has 0 radical (unpaired) electrons. The van der Waals surface area contributed by atoms with Gasteiger partial charge in [0.2, 0.25) is 0 Å². The third-order valence-corrected chi connectivity index (χ3v) is 3.48. The Labute approximate surface area is 116 Å². The molecule has 0 aliphatic heterocycles. The Balaban J connectivity index is 1.86. The zero-order chi connectivity index (χ0) is 14.1. The first-order valence-electron chi connectivity index (χ1n) is 6.53. The molecule has 0 unspecified atom stereocenters. The fourth-order valence-electron chi connectivity index (χ4n) is 2.16. The molecule has 0 aromatic carbocycles. The number of hydrogen-bond acceptors (Lipinski definition) is 3. The van der Waals surface area contributed by atoms with Gasteiger partial charge in [-0.25, -0.2) is 9.37 Å². The van der Waals surface area contributed by atoms with E-state index in [0.717, 1.165) is 24.9 Å². The number of aromatic nitrogens is 3. The van der Waals surface area contributed by atoms with Crippen LogP contribution in [0.2, 0.25) is 0 Å². The van der Waals surface area contributed by atoms with Crippen LogP contribution in [0.5, 0.6) is 0 Å². The van der Waals surface area contributed by atoms with Crippen molar-refractivity contribution < 1.29 is 9.18 Å². The standard InChI is InChI=1S/C14H15FN4O/c1-18-7-6-17-13(18)9-19(10-2-3-10)14(20)11-4-5-16-8-12(11)15/h4-8,10H,2-3,9H2,1H3. The lowest BCUT2D eigenvalue weighted by molar-refractivity contribution is 0.0719. The highest BCUT2D eigenvalue weighted by molar-refractivity contribution is 5.94. The van der Waals surface area contributed by atoms with Crippen molar-refractivity contribution in [1.29, 1.82) is 0 Å². The lowest BCUT2D eigenvalue weighted by Crippen LogP contribution is -2.34. The van der Waals surface area contributed by atoms with Crippen LogP contribution in [0.1, 0.15) is 29.0 Å². The van der Waals surface area contributed by atoms with E-state index in [-0.39, 0.29) is 17.5 Å². The van der Waals surface area contributed by atoms with Crippen molar-refractivity contribution in [2.45, 2.75) is 25.4 Å². The van der Waals surface area contributed by atoms with E-state index in [1.54, 1.807) is 11.1 Å². The van der Waals surface area contributed by atoms with Crippen LogP contribution in [0, 0.1) is 5.82 Å². The Morgan fingerprint density at radius 2 is 2.30 bits per heavy atom. The molecule has 20 heavy (non-hydrogen) atoms. The molecule has 1 aliphatic carbocycles. The number of halogens is 1. The first-order valence-corrected chi connectivity index (χ1v) is 6.53. The molecule has 1 aliphatic rings. The fraction of sp³-hybridized carbons (Fsp3) is 0.357. The summed E-state index contributed by atoms with van der Waals surface area (Å²) in [6.45, 7) is 0.398. The minimum atomic E-state index is -0.581. The van der Waals surface area contributed by atoms with Crippen LogP contribution >= 0.6 is 0 Å². The quantitative estimate of drug-likeness (QED) is 0.853. The molecule has 6 heteroatoms. The van der Waals surface area contributed by atoms with E-state index in [0.29, 0.717) is 6.54 Å². The predicted molar refractivity (Wildman–Crippen MR) is 70.3 cm³/mol. The van der Waals surface area contributed by atoms with Gasteiger partial charge in [-0.2, -0.15) is 0 Å². The van der Waals surface area contributed by atoms with Gasteiger partial charge in [0.15, 0.2) is 5.82 Å². The topological polar surface area (TPSA) is 51.0 Å². The number of amides is 1. The Hall–Kier alpha value is -2.24. The third kappa shape index (κ3) is 2.41. The summed E-state index contributed by atoms with van der Waals surface area (Å²) >= 11 is 0. The van der Waals surface area contributed by atoms with Crippen molar-refractivity contribution in [3.05, 3.63) is 48.1 Å². The largest absolute Gasteiger partial charge is 0.337 e. The van der Waals surface area contributed by atoms with Gasteiger partial charge < -0.3 is 9.47 Å². The first kappa shape index (κ1) is 12.8. The smallest absolute Gasteiger partial charge is 0.257 e. The van der Waals surface area contributed by atoms with Crippen molar-refractivity contribution in [2.75, 3.05) is 0 Å². The predicted octanol–water partition coefficient (Wildman–Crippen LogP) is 1.76. The van der Waals surface area contributed by atoms with E-state index < -0.39 is 5.82 Å². The molecule has 0 saturated heterocycles. The summed E-state index contributed by atoms with van der Waals surface area (Å²) in [4.78, 5) is 22.1. The van der Waals surface area contributed by atoms with Crippen LogP contribution in [0.4, 0.5) is 4.39 Å². The lowest BCUT2D eigenvalue weighted by atomic mass is 10.2. The number of imidazole rings is 1. The maximum atomic E-state index is 13.7. The van der Waals surface area contributed by atoms with Gasteiger partial charge >= 0.3 is 0 Å². The minimum Gasteiger partial charge on any atom is -0.337 e. The van der Waals surface area contributed by atoms with E-state index in [2.05, 4.69) is 9.97 Å². The highest BCUT2D eigenvalue weighted by Crippen LogP contribution is 2.29. The van der Waals surface area contributed by atoms with Gasteiger partial charge in [0, 0.05) is 31.7 Å². The highest BCUT2D eigenvalue weighted by Gasteiger charge is 2.34. The molecule has 0 N–H and O–H groups in total. The molecular formula is C14H15FN4O. The second-order valence-electron chi connectivity index (χ2n) is 4.97. The van der Waals surface area contributed by atoms with E-state index in [1.807, 2.05) is 17.8 Å². The van der Waals surface area contributed by atoms with Gasteiger partial charge in [-0.3, -0.25) is 9.78 Å². The SMILES string of the molecule is Cn1ccnc1CN(C(=O)c1ccncc1F)C1CC1. The van der Waals surface area contributed by atoms with E-state index in [9.17, 15) is 9.18 Å². The molecule has 2 heterocycles. The van der Waals surface area contributed by atoms with Crippen LogP contribution in [0.15, 0.2) is 30.9 Å². The molecule has 104 valence electrons. The highest BCUT2D eigenvalue weighted by atomic mass is 19.1. The number of nitrogens with zero attached hydrogens (tertiary/aromatic N) is 4. The van der Waals surface area contributed by atoms with Gasteiger partial charge in [0.05, 0.1) is 18.3 Å². The van der Waals surface area contributed by atoms with Crippen molar-refractivity contribution in [2.24, 2.45) is 7.05 Å². The second kappa shape index (κ2) is 5.03. The maximum Gasteiger partial charge on any atom is 0.257 e. The van der Waals surface area contributed by atoms with Crippen LogP contribution in [-0.4, -0.2) is 31.4 Å². The van der Waals surface area contributed by atoms with Gasteiger partial charge in [0.1, 0.15) is 5.82 Å². The number of carbonyl (C=O) groups is 1. The molecule has 1 saturated carbocycles. The Morgan fingerprint density at radius 1 is 1.50 bits per heavy atom. The van der Waals surface area contributed by atoms with Crippen LogP contribution < -0.4 is 0 Å². The zero-order valence-corrected chi connectivity index (χ0v) is 11.2. The molecule has 5 nitrogen and oxygen atoms in total. The van der Waals surface area contributed by atoms with Crippen molar-refractivity contribution in [3.63, 3.8) is 0 Å². The second-order valence-corrected chi connectivity index (χ2v) is 4.97. The zero-order valence-electron chi connectivity index (χ0n) is 11.2. The molecule has 3 rings (SSSR count). The molecular weight excluding hydrogens is 259 g/mol. The molecule has 0 spiro atoms. The first-order chi connectivity index (χ1) is 9.66. The van der Waals surface area contributed by atoms with Crippen molar-refractivity contribution in [1.82, 2.24) is 19.4 Å². The summed E-state index contributed by atoms with van der Waals surface area (Å²) in [5.41, 5.74) is 0.0705. The number of pyridine rings is 1. The molecule has 1 fully saturated rings. The maximum absolute atomic E-state index is 13.7. The van der Waals surface area contributed by atoms with Gasteiger partial charge in [0.25, 0.3) is 5.91 Å². The summed E-state index contributed by atoms with van der Waals surface area (Å²) in [5, 5.41) is 0. The Bertz CT molecular complexity index is 636. The molecule has 0 atom stereocenters. The van der Waals surface area contributed by atoms with E-state index in [1.165, 1.54) is 12.3 Å². The number of rotatable bonds is 4. The Morgan fingerprint density at radius 3 is 2.90 bits per heavy atom. The van der Waals surface area contributed by atoms with Gasteiger partial charge in [-0.1, -0.05) is 0 Å². The van der Waals surface area contributed by atoms with E-state index in [4.69, 9.17) is 0 Å². The Kier molecular flexibility index (Phi) is 3.22. The van der Waals surface area contributed by atoms with Crippen LogP contribution in [-0.2, 0) is 13.6 Å². The fourth-order valence-corrected chi connectivity index (χ4v) is 2.16. The average Bonchev–Trinajstić information content (AvgIpc) is 3.20. The van der Waals surface area contributed by atoms with Crippen molar-refractivity contribution >= 4 is 5.91 Å². The minimum absolute atomic E-state index is 0.0705. The van der Waals surface area contributed by atoms with Crippen LogP contribution in [0.3, 0.4) is 0 Å². The third-order valence-electron chi connectivity index (χ3n) is 3.48. The molecule has 1 amide bonds. The monoisotopic (exact) mass is 274 g/mol. The number of aryl methyl sites for hydroxylation is 1. The number of hydrogen-bond donors (Lipinski definition) is 0. The van der Waals surface area contributed by atoms with Crippen LogP contribution in [0.25, 0.3) is 0 Å². The summed E-state index contributed by atoms with van der Waals surface area (Å²) in [6.07, 6.45) is 7.95. The molecule has 2 aromatic heterocycles. The average molecular weight is 274 g/mol. The van der Waals surface area contributed by atoms with Crippen molar-refractivity contribution in [3.8, 4) is 0 Å². The summed E-state index contributed by atoms with van der Waals surface area (Å²) in [6, 6.07) is 1.61. The lowest BCUT2D eigenvalue weighted by Gasteiger charge is -2.22. The van der Waals surface area contributed by atoms with E-state index >= 15 is 0 Å². The summed E-state index contributed by atoms with van der Waals surface area (Å²) in [5.74, 6) is -0.0851.